The van der Waals surface area contributed by atoms with Gasteiger partial charge in [0.1, 0.15) is 6.61 Å². The normalized spacial score (nSPS) is 18.4. The summed E-state index contributed by atoms with van der Waals surface area (Å²) in [5.41, 5.74) is 10.3. The minimum Gasteiger partial charge on any atom is -0.457 e. The van der Waals surface area contributed by atoms with Crippen LogP contribution in [0, 0.1) is 11.8 Å². The lowest BCUT2D eigenvalue weighted by atomic mass is 9.80. The van der Waals surface area contributed by atoms with Crippen molar-refractivity contribution in [1.29, 1.82) is 0 Å². The molecule has 2 aromatic carbocycles. The molecule has 180 valence electrons. The van der Waals surface area contributed by atoms with Gasteiger partial charge in [-0.05, 0) is 53.5 Å². The van der Waals surface area contributed by atoms with Crippen LogP contribution in [0.3, 0.4) is 0 Å². The summed E-state index contributed by atoms with van der Waals surface area (Å²) in [4.78, 5) is 29.7. The Morgan fingerprint density at radius 1 is 1.03 bits per heavy atom. The van der Waals surface area contributed by atoms with Crippen molar-refractivity contribution < 1.29 is 14.3 Å². The van der Waals surface area contributed by atoms with Crippen LogP contribution in [0.4, 0.5) is 5.69 Å². The highest BCUT2D eigenvalue weighted by Crippen LogP contribution is 2.31. The smallest absolute Gasteiger partial charge is 0.334 e. The number of nitrogens with two attached hydrogens (primary N) is 1. The summed E-state index contributed by atoms with van der Waals surface area (Å²) in [7, 11) is 0. The molecule has 4 rings (SSSR count). The molecule has 1 aliphatic rings. The number of benzene rings is 2. The number of nitrogens with one attached hydrogen (secondary N) is 1. The summed E-state index contributed by atoms with van der Waals surface area (Å²) in [6.45, 7) is 6.60. The number of anilines is 1. The van der Waals surface area contributed by atoms with E-state index in [1.807, 2.05) is 60.7 Å². The second-order valence-corrected chi connectivity index (χ2v) is 9.14. The first kappa shape index (κ1) is 24.4. The third kappa shape index (κ3) is 5.49. The zero-order valence-electron chi connectivity index (χ0n) is 20.3. The lowest BCUT2D eigenvalue weighted by molar-refractivity contribution is -0.141. The number of hydrogen-bond acceptors (Lipinski definition) is 5. The van der Waals surface area contributed by atoms with Gasteiger partial charge in [-0.1, -0.05) is 61.9 Å². The van der Waals surface area contributed by atoms with E-state index < -0.39 is 5.92 Å². The zero-order chi connectivity index (χ0) is 24.9. The minimum atomic E-state index is -0.496. The van der Waals surface area contributed by atoms with E-state index in [4.69, 9.17) is 10.5 Å². The summed E-state index contributed by atoms with van der Waals surface area (Å²) in [6, 6.07) is 15.1. The maximum Gasteiger partial charge on any atom is 0.334 e. The maximum atomic E-state index is 13.0. The number of esters is 1. The fourth-order valence-electron chi connectivity index (χ4n) is 4.31. The van der Waals surface area contributed by atoms with E-state index in [-0.39, 0.29) is 30.9 Å². The van der Waals surface area contributed by atoms with Crippen molar-refractivity contribution in [3.63, 3.8) is 0 Å². The van der Waals surface area contributed by atoms with Gasteiger partial charge < -0.3 is 15.8 Å². The van der Waals surface area contributed by atoms with Crippen molar-refractivity contribution in [3.05, 3.63) is 95.3 Å². The molecule has 0 radical (unpaired) electrons. The predicted octanol–water partition coefficient (Wildman–Crippen LogP) is 5.12. The van der Waals surface area contributed by atoms with Crippen molar-refractivity contribution in [2.75, 3.05) is 11.9 Å². The van der Waals surface area contributed by atoms with Crippen molar-refractivity contribution in [2.24, 2.45) is 17.6 Å². The third-order valence-electron chi connectivity index (χ3n) is 6.93. The summed E-state index contributed by atoms with van der Waals surface area (Å²) in [5, 5.41) is 4.97. The number of ether oxygens (including phenoxy) is 1. The lowest BCUT2D eigenvalue weighted by Crippen LogP contribution is -2.27. The molecule has 0 aliphatic heterocycles. The number of aromatic nitrogens is 1. The topological polar surface area (TPSA) is 94.3 Å². The van der Waals surface area contributed by atoms with Crippen LogP contribution < -0.4 is 11.1 Å². The molecule has 6 nitrogen and oxygen atoms in total. The second-order valence-electron chi connectivity index (χ2n) is 9.14. The molecule has 1 amide bonds. The molecular weight excluding hydrogens is 438 g/mol. The molecule has 1 aromatic heterocycles. The number of pyridine rings is 1. The molecule has 0 spiro atoms. The van der Waals surface area contributed by atoms with Crippen molar-refractivity contribution in [3.8, 4) is 0 Å². The summed E-state index contributed by atoms with van der Waals surface area (Å²) in [5.74, 6) is -0.520. The SMILES string of the molecule is CC1=CC=C(C(=O)OCc2ccc([C@@H](CN)C(=O)Nc3ccc4cnccc4c3)cc2)C(C)C1C. The first-order valence-electron chi connectivity index (χ1n) is 11.9. The van der Waals surface area contributed by atoms with Crippen LogP contribution >= 0.6 is 0 Å². The molecular formula is C29H31N3O3. The van der Waals surface area contributed by atoms with Crippen molar-refractivity contribution in [1.82, 2.24) is 4.98 Å². The van der Waals surface area contributed by atoms with Gasteiger partial charge >= 0.3 is 5.97 Å². The molecule has 3 N–H and O–H groups in total. The van der Waals surface area contributed by atoms with Gasteiger partial charge in [0.05, 0.1) is 5.92 Å². The van der Waals surface area contributed by atoms with E-state index in [2.05, 4.69) is 31.1 Å². The van der Waals surface area contributed by atoms with Gasteiger partial charge in [-0.25, -0.2) is 4.79 Å². The lowest BCUT2D eigenvalue weighted by Gasteiger charge is -2.25. The van der Waals surface area contributed by atoms with Crippen LogP contribution in [0.1, 0.15) is 37.8 Å². The number of rotatable bonds is 7. The van der Waals surface area contributed by atoms with Crippen molar-refractivity contribution in [2.45, 2.75) is 33.3 Å². The molecule has 0 bridgehead atoms. The molecule has 0 saturated heterocycles. The van der Waals surface area contributed by atoms with Crippen LogP contribution in [0.15, 0.2) is 84.2 Å². The van der Waals surface area contributed by atoms with E-state index in [1.165, 1.54) is 5.57 Å². The molecule has 1 heterocycles. The molecule has 3 aromatic rings. The number of fused-ring (bicyclic) bond motifs is 1. The van der Waals surface area contributed by atoms with Crippen LogP contribution in [0.25, 0.3) is 10.8 Å². The Morgan fingerprint density at radius 2 is 1.80 bits per heavy atom. The van der Waals surface area contributed by atoms with Crippen LogP contribution in [-0.2, 0) is 20.9 Å². The predicted molar refractivity (Wildman–Crippen MR) is 139 cm³/mol. The Hall–Kier alpha value is -3.77. The zero-order valence-corrected chi connectivity index (χ0v) is 20.3. The molecule has 3 atom stereocenters. The second kappa shape index (κ2) is 10.7. The average molecular weight is 470 g/mol. The van der Waals surface area contributed by atoms with E-state index in [1.54, 1.807) is 12.4 Å². The number of nitrogens with zero attached hydrogens (tertiary/aromatic N) is 1. The van der Waals surface area contributed by atoms with Gasteiger partial charge in [-0.2, -0.15) is 0 Å². The van der Waals surface area contributed by atoms with E-state index in [0.717, 1.165) is 21.9 Å². The van der Waals surface area contributed by atoms with E-state index in [0.29, 0.717) is 17.2 Å². The molecule has 1 aliphatic carbocycles. The molecule has 0 fully saturated rings. The molecule has 0 saturated carbocycles. The molecule has 6 heteroatoms. The summed E-state index contributed by atoms with van der Waals surface area (Å²) < 4.78 is 5.56. The van der Waals surface area contributed by atoms with Crippen LogP contribution in [0.5, 0.6) is 0 Å². The summed E-state index contributed by atoms with van der Waals surface area (Å²) in [6.07, 6.45) is 7.36. The Morgan fingerprint density at radius 3 is 2.54 bits per heavy atom. The van der Waals surface area contributed by atoms with E-state index in [9.17, 15) is 9.59 Å². The first-order chi connectivity index (χ1) is 16.9. The highest BCUT2D eigenvalue weighted by molar-refractivity contribution is 5.98. The highest BCUT2D eigenvalue weighted by Gasteiger charge is 2.26. The fraction of sp³-hybridized carbons (Fsp3) is 0.276. The van der Waals surface area contributed by atoms with Gasteiger partial charge in [0.25, 0.3) is 0 Å². The Labute approximate surface area is 205 Å². The van der Waals surface area contributed by atoms with Crippen LogP contribution in [-0.4, -0.2) is 23.4 Å². The Balaban J connectivity index is 1.38. The third-order valence-corrected chi connectivity index (χ3v) is 6.93. The average Bonchev–Trinajstić information content (AvgIpc) is 2.87. The number of carbonyl (C=O) groups excluding carboxylic acids is 2. The summed E-state index contributed by atoms with van der Waals surface area (Å²) >= 11 is 0. The van der Waals surface area contributed by atoms with Gasteiger partial charge in [0.2, 0.25) is 5.91 Å². The van der Waals surface area contributed by atoms with Gasteiger partial charge in [-0.15, -0.1) is 0 Å². The number of hydrogen-bond donors (Lipinski definition) is 2. The Kier molecular flexibility index (Phi) is 7.42. The molecule has 2 unspecified atom stereocenters. The monoisotopic (exact) mass is 469 g/mol. The fourth-order valence-corrected chi connectivity index (χ4v) is 4.31. The number of allylic oxidation sites excluding steroid dienone is 3. The van der Waals surface area contributed by atoms with Crippen LogP contribution in [0.2, 0.25) is 0 Å². The minimum absolute atomic E-state index is 0.123. The maximum absolute atomic E-state index is 13.0. The molecule has 35 heavy (non-hydrogen) atoms. The standard InChI is InChI=1S/C29H31N3O3/c1-18-4-11-26(20(3)19(18)2)29(34)35-17-21-5-7-22(8-6-21)27(15-30)28(33)32-25-10-9-24-16-31-13-12-23(24)14-25/h4-14,16,19-20,27H,15,17,30H2,1-3H3,(H,32,33)/t19?,20?,27-/m1/s1. The number of amides is 1. The van der Waals surface area contributed by atoms with Gasteiger partial charge in [0.15, 0.2) is 0 Å². The quantitative estimate of drug-likeness (QED) is 0.469. The van der Waals surface area contributed by atoms with Gasteiger partial charge in [0, 0.05) is 35.6 Å². The Bertz CT molecular complexity index is 1290. The number of carbonyl (C=O) groups is 2. The van der Waals surface area contributed by atoms with E-state index >= 15 is 0 Å². The first-order valence-corrected chi connectivity index (χ1v) is 11.9. The largest absolute Gasteiger partial charge is 0.457 e. The van der Waals surface area contributed by atoms with Gasteiger partial charge in [-0.3, -0.25) is 9.78 Å². The van der Waals surface area contributed by atoms with Crippen molar-refractivity contribution >= 4 is 28.3 Å². The highest BCUT2D eigenvalue weighted by atomic mass is 16.5.